The molecule has 16 heavy (non-hydrogen) atoms. The summed E-state index contributed by atoms with van der Waals surface area (Å²) in [7, 11) is 3.20. The quantitative estimate of drug-likeness (QED) is 0.832. The standard InChI is InChI=1S/C11H13NO3S/c1-13-10-5-7-8(3-4-16)12-15-9(7)6-11(10)14-2/h5-6,16H,3-4H2,1-2H3. The van der Waals surface area contributed by atoms with E-state index in [0.717, 1.165) is 23.3 Å². The number of hydrogen-bond donors (Lipinski definition) is 1. The monoisotopic (exact) mass is 239 g/mol. The fourth-order valence-electron chi connectivity index (χ4n) is 1.60. The molecule has 0 radical (unpaired) electrons. The van der Waals surface area contributed by atoms with Crippen molar-refractivity contribution in [2.24, 2.45) is 0 Å². The summed E-state index contributed by atoms with van der Waals surface area (Å²) in [5, 5.41) is 4.95. The van der Waals surface area contributed by atoms with Crippen molar-refractivity contribution in [3.8, 4) is 11.5 Å². The molecule has 2 aromatic rings. The largest absolute Gasteiger partial charge is 0.493 e. The molecule has 0 saturated heterocycles. The van der Waals surface area contributed by atoms with Crippen molar-refractivity contribution < 1.29 is 14.0 Å². The lowest BCUT2D eigenvalue weighted by atomic mass is 10.1. The molecular formula is C11H13NO3S. The van der Waals surface area contributed by atoms with Gasteiger partial charge in [0, 0.05) is 17.9 Å². The SMILES string of the molecule is COc1cc2onc(CCS)c2cc1OC. The molecule has 1 heterocycles. The highest BCUT2D eigenvalue weighted by molar-refractivity contribution is 7.80. The molecule has 0 aliphatic heterocycles. The Morgan fingerprint density at radius 3 is 2.56 bits per heavy atom. The van der Waals surface area contributed by atoms with Gasteiger partial charge in [-0.25, -0.2) is 0 Å². The molecule has 0 aliphatic rings. The van der Waals surface area contributed by atoms with Crippen LogP contribution in [0.5, 0.6) is 11.5 Å². The second kappa shape index (κ2) is 4.65. The zero-order valence-corrected chi connectivity index (χ0v) is 10.1. The molecule has 0 unspecified atom stereocenters. The lowest BCUT2D eigenvalue weighted by Crippen LogP contribution is -1.91. The molecule has 5 heteroatoms. The predicted octanol–water partition coefficient (Wildman–Crippen LogP) is 2.32. The maximum atomic E-state index is 5.23. The zero-order chi connectivity index (χ0) is 11.5. The molecule has 1 aromatic carbocycles. The minimum absolute atomic E-state index is 0.642. The molecule has 2 rings (SSSR count). The van der Waals surface area contributed by atoms with Crippen LogP contribution in [0, 0.1) is 0 Å². The number of aryl methyl sites for hydroxylation is 1. The Labute approximate surface area is 98.9 Å². The average molecular weight is 239 g/mol. The summed E-state index contributed by atoms with van der Waals surface area (Å²) in [5.74, 6) is 2.05. The third-order valence-corrected chi connectivity index (χ3v) is 2.62. The molecule has 0 amide bonds. The van der Waals surface area contributed by atoms with E-state index in [1.807, 2.05) is 6.07 Å². The number of nitrogens with zero attached hydrogens (tertiary/aromatic N) is 1. The number of hydrogen-bond acceptors (Lipinski definition) is 5. The molecule has 0 bridgehead atoms. The number of rotatable bonds is 4. The lowest BCUT2D eigenvalue weighted by molar-refractivity contribution is 0.354. The van der Waals surface area contributed by atoms with E-state index in [2.05, 4.69) is 17.8 Å². The molecule has 4 nitrogen and oxygen atoms in total. The fourth-order valence-corrected chi connectivity index (χ4v) is 1.81. The van der Waals surface area contributed by atoms with E-state index < -0.39 is 0 Å². The van der Waals surface area contributed by atoms with E-state index in [0.29, 0.717) is 17.1 Å². The van der Waals surface area contributed by atoms with Crippen LogP contribution in [0.4, 0.5) is 0 Å². The number of fused-ring (bicyclic) bond motifs is 1. The first-order valence-corrected chi connectivity index (χ1v) is 5.54. The van der Waals surface area contributed by atoms with E-state index in [1.54, 1.807) is 20.3 Å². The van der Waals surface area contributed by atoms with Gasteiger partial charge in [-0.2, -0.15) is 12.6 Å². The van der Waals surface area contributed by atoms with Crippen molar-refractivity contribution >= 4 is 23.6 Å². The minimum Gasteiger partial charge on any atom is -0.493 e. The van der Waals surface area contributed by atoms with Gasteiger partial charge in [-0.15, -0.1) is 0 Å². The van der Waals surface area contributed by atoms with Crippen LogP contribution in [0.1, 0.15) is 5.69 Å². The third kappa shape index (κ3) is 1.82. The van der Waals surface area contributed by atoms with Gasteiger partial charge in [-0.3, -0.25) is 0 Å². The summed E-state index contributed by atoms with van der Waals surface area (Å²) in [6.07, 6.45) is 0.769. The van der Waals surface area contributed by atoms with Gasteiger partial charge in [0.05, 0.1) is 19.9 Å². The van der Waals surface area contributed by atoms with Crippen LogP contribution >= 0.6 is 12.6 Å². The number of thiol groups is 1. The van der Waals surface area contributed by atoms with Crippen LogP contribution in [-0.4, -0.2) is 25.1 Å². The first-order valence-electron chi connectivity index (χ1n) is 4.91. The van der Waals surface area contributed by atoms with E-state index >= 15 is 0 Å². The Hall–Kier alpha value is -1.36. The molecule has 0 atom stereocenters. The molecule has 86 valence electrons. The Kier molecular flexibility index (Phi) is 3.24. The summed E-state index contributed by atoms with van der Waals surface area (Å²) in [5.41, 5.74) is 1.60. The molecular weight excluding hydrogens is 226 g/mol. The van der Waals surface area contributed by atoms with Gasteiger partial charge in [0.15, 0.2) is 17.1 Å². The van der Waals surface area contributed by atoms with Crippen molar-refractivity contribution in [2.45, 2.75) is 6.42 Å². The van der Waals surface area contributed by atoms with Crippen molar-refractivity contribution in [1.82, 2.24) is 5.16 Å². The fraction of sp³-hybridized carbons (Fsp3) is 0.364. The van der Waals surface area contributed by atoms with Crippen molar-refractivity contribution in [1.29, 1.82) is 0 Å². The number of methoxy groups -OCH3 is 2. The summed E-state index contributed by atoms with van der Waals surface area (Å²) < 4.78 is 15.6. The van der Waals surface area contributed by atoms with E-state index in [-0.39, 0.29) is 0 Å². The van der Waals surface area contributed by atoms with Crippen molar-refractivity contribution in [3.05, 3.63) is 17.8 Å². The summed E-state index contributed by atoms with van der Waals surface area (Å²) in [4.78, 5) is 0. The van der Waals surface area contributed by atoms with Gasteiger partial charge in [-0.05, 0) is 11.8 Å². The first-order chi connectivity index (χ1) is 7.80. The molecule has 0 fully saturated rings. The third-order valence-electron chi connectivity index (χ3n) is 2.40. The second-order valence-electron chi connectivity index (χ2n) is 3.31. The molecule has 0 saturated carbocycles. The van der Waals surface area contributed by atoms with Gasteiger partial charge >= 0.3 is 0 Å². The lowest BCUT2D eigenvalue weighted by Gasteiger charge is -2.06. The topological polar surface area (TPSA) is 44.5 Å². The van der Waals surface area contributed by atoms with Crippen molar-refractivity contribution in [2.75, 3.05) is 20.0 Å². The Balaban J connectivity index is 2.57. The van der Waals surface area contributed by atoms with Gasteiger partial charge in [-0.1, -0.05) is 5.16 Å². The van der Waals surface area contributed by atoms with E-state index in [9.17, 15) is 0 Å². The van der Waals surface area contributed by atoms with Crippen LogP contribution in [-0.2, 0) is 6.42 Å². The number of benzene rings is 1. The maximum absolute atomic E-state index is 5.23. The smallest absolute Gasteiger partial charge is 0.171 e. The van der Waals surface area contributed by atoms with Crippen LogP contribution in [0.2, 0.25) is 0 Å². The first kappa shape index (κ1) is 11.1. The van der Waals surface area contributed by atoms with Crippen LogP contribution in [0.25, 0.3) is 11.0 Å². The summed E-state index contributed by atoms with van der Waals surface area (Å²) in [6, 6.07) is 3.66. The Bertz CT molecular complexity index is 495. The summed E-state index contributed by atoms with van der Waals surface area (Å²) >= 11 is 4.18. The predicted molar refractivity (Wildman–Crippen MR) is 64.7 cm³/mol. The minimum atomic E-state index is 0.642. The normalized spacial score (nSPS) is 10.7. The highest BCUT2D eigenvalue weighted by Gasteiger charge is 2.13. The number of aromatic nitrogens is 1. The van der Waals surface area contributed by atoms with Crippen LogP contribution in [0.15, 0.2) is 16.7 Å². The van der Waals surface area contributed by atoms with E-state index in [1.165, 1.54) is 0 Å². The highest BCUT2D eigenvalue weighted by Crippen LogP contribution is 2.33. The Morgan fingerprint density at radius 1 is 1.25 bits per heavy atom. The molecule has 0 N–H and O–H groups in total. The van der Waals surface area contributed by atoms with Gasteiger partial charge in [0.25, 0.3) is 0 Å². The Morgan fingerprint density at radius 2 is 1.94 bits per heavy atom. The summed E-state index contributed by atoms with van der Waals surface area (Å²) in [6.45, 7) is 0. The maximum Gasteiger partial charge on any atom is 0.171 e. The highest BCUT2D eigenvalue weighted by atomic mass is 32.1. The van der Waals surface area contributed by atoms with Gasteiger partial charge in [0.2, 0.25) is 0 Å². The molecule has 0 aliphatic carbocycles. The van der Waals surface area contributed by atoms with Gasteiger partial charge in [0.1, 0.15) is 0 Å². The van der Waals surface area contributed by atoms with Crippen LogP contribution < -0.4 is 9.47 Å². The second-order valence-corrected chi connectivity index (χ2v) is 3.75. The van der Waals surface area contributed by atoms with E-state index in [4.69, 9.17) is 14.0 Å². The van der Waals surface area contributed by atoms with Gasteiger partial charge < -0.3 is 14.0 Å². The average Bonchev–Trinajstić information content (AvgIpc) is 2.70. The van der Waals surface area contributed by atoms with Crippen molar-refractivity contribution in [3.63, 3.8) is 0 Å². The zero-order valence-electron chi connectivity index (χ0n) is 9.19. The van der Waals surface area contributed by atoms with Crippen LogP contribution in [0.3, 0.4) is 0 Å². The number of ether oxygens (including phenoxy) is 2. The molecule has 1 aromatic heterocycles. The molecule has 0 spiro atoms.